The van der Waals surface area contributed by atoms with Gasteiger partial charge in [-0.3, -0.25) is 0 Å². The Bertz CT molecular complexity index is 850. The molecule has 0 spiro atoms. The molecule has 4 heteroatoms. The van der Waals surface area contributed by atoms with Gasteiger partial charge in [-0.05, 0) is 30.2 Å². The van der Waals surface area contributed by atoms with Gasteiger partial charge >= 0.3 is 6.09 Å². The lowest BCUT2D eigenvalue weighted by Crippen LogP contribution is -2.24. The molecule has 3 rings (SSSR count). The van der Waals surface area contributed by atoms with E-state index in [0.29, 0.717) is 6.54 Å². The van der Waals surface area contributed by atoms with Crippen molar-refractivity contribution in [1.29, 1.82) is 0 Å². The fourth-order valence-corrected chi connectivity index (χ4v) is 2.50. The molecule has 0 atom stereocenters. The third-order valence-electron chi connectivity index (χ3n) is 3.74. The summed E-state index contributed by atoms with van der Waals surface area (Å²) in [6, 6.07) is 15.9. The van der Waals surface area contributed by atoms with Crippen molar-refractivity contribution in [2.45, 2.75) is 13.5 Å². The molecule has 0 bridgehead atoms. The Balaban J connectivity index is 1.49. The molecule has 122 valence electrons. The number of fused-ring (bicyclic) bond motifs is 1. The molecule has 0 unspecified atom stereocenters. The number of aromatic nitrogens is 1. The number of aromatic amines is 1. The van der Waals surface area contributed by atoms with Crippen LogP contribution in [0.1, 0.15) is 16.7 Å². The summed E-state index contributed by atoms with van der Waals surface area (Å²) in [6.45, 7) is 2.77. The Kier molecular flexibility index (Phi) is 4.96. The molecule has 0 saturated heterocycles. The summed E-state index contributed by atoms with van der Waals surface area (Å²) in [4.78, 5) is 14.9. The first-order valence-corrected chi connectivity index (χ1v) is 7.91. The number of aryl methyl sites for hydroxylation is 1. The van der Waals surface area contributed by atoms with Gasteiger partial charge in [-0.25, -0.2) is 4.79 Å². The zero-order valence-electron chi connectivity index (χ0n) is 13.6. The van der Waals surface area contributed by atoms with E-state index in [9.17, 15) is 4.79 Å². The maximum Gasteiger partial charge on any atom is 0.407 e. The molecule has 1 amide bonds. The number of carbonyl (C=O) groups excluding carboxylic acids is 1. The quantitative estimate of drug-likeness (QED) is 0.731. The number of hydrogen-bond acceptors (Lipinski definition) is 2. The van der Waals surface area contributed by atoms with E-state index in [0.717, 1.165) is 16.6 Å². The van der Waals surface area contributed by atoms with Crippen LogP contribution in [0, 0.1) is 6.92 Å². The maximum absolute atomic E-state index is 11.7. The first-order valence-electron chi connectivity index (χ1n) is 7.91. The van der Waals surface area contributed by atoms with Crippen LogP contribution in [0.15, 0.2) is 60.8 Å². The van der Waals surface area contributed by atoms with E-state index in [1.165, 1.54) is 10.9 Å². The van der Waals surface area contributed by atoms with E-state index in [4.69, 9.17) is 4.74 Å². The predicted molar refractivity (Wildman–Crippen MR) is 96.7 cm³/mol. The summed E-state index contributed by atoms with van der Waals surface area (Å²) in [5.41, 5.74) is 4.40. The minimum atomic E-state index is -0.418. The van der Waals surface area contributed by atoms with E-state index in [2.05, 4.69) is 35.4 Å². The van der Waals surface area contributed by atoms with Crippen LogP contribution < -0.4 is 5.32 Å². The molecule has 1 heterocycles. The number of hydrogen-bond donors (Lipinski definition) is 2. The first kappa shape index (κ1) is 15.9. The number of amides is 1. The van der Waals surface area contributed by atoms with Gasteiger partial charge in [0.2, 0.25) is 0 Å². The van der Waals surface area contributed by atoms with Gasteiger partial charge in [0.15, 0.2) is 0 Å². The Labute approximate surface area is 141 Å². The lowest BCUT2D eigenvalue weighted by Gasteiger charge is -2.05. The minimum Gasteiger partial charge on any atom is -0.445 e. The van der Waals surface area contributed by atoms with Crippen LogP contribution in [0.3, 0.4) is 0 Å². The molecular formula is C20H20N2O2. The van der Waals surface area contributed by atoms with Crippen LogP contribution in [-0.2, 0) is 11.3 Å². The van der Waals surface area contributed by atoms with Crippen LogP contribution >= 0.6 is 0 Å². The van der Waals surface area contributed by atoms with E-state index in [1.54, 1.807) is 0 Å². The Hall–Kier alpha value is -3.01. The third-order valence-corrected chi connectivity index (χ3v) is 3.74. The van der Waals surface area contributed by atoms with E-state index >= 15 is 0 Å². The highest BCUT2D eigenvalue weighted by Crippen LogP contribution is 2.20. The van der Waals surface area contributed by atoms with Gasteiger partial charge in [0, 0.05) is 23.6 Å². The zero-order chi connectivity index (χ0) is 16.8. The number of alkyl carbamates (subject to hydrolysis) is 1. The zero-order valence-corrected chi connectivity index (χ0v) is 13.6. The van der Waals surface area contributed by atoms with Crippen LogP contribution in [0.2, 0.25) is 0 Å². The van der Waals surface area contributed by atoms with Gasteiger partial charge in [-0.1, -0.05) is 54.1 Å². The second-order valence-electron chi connectivity index (χ2n) is 5.64. The lowest BCUT2D eigenvalue weighted by molar-refractivity contribution is 0.141. The summed E-state index contributed by atoms with van der Waals surface area (Å²) >= 11 is 0. The second-order valence-corrected chi connectivity index (χ2v) is 5.64. The SMILES string of the molecule is Cc1ccc2[nH]cc(C=CCNC(=O)OCc3ccccc3)c2c1. The maximum atomic E-state index is 11.7. The highest BCUT2D eigenvalue weighted by atomic mass is 16.5. The van der Waals surface area contributed by atoms with E-state index in [-0.39, 0.29) is 6.61 Å². The third kappa shape index (κ3) is 4.04. The highest BCUT2D eigenvalue weighted by molar-refractivity contribution is 5.89. The summed E-state index contributed by atoms with van der Waals surface area (Å²) in [7, 11) is 0. The molecule has 0 fully saturated rings. The van der Waals surface area contributed by atoms with Crippen molar-refractivity contribution in [2.75, 3.05) is 6.54 Å². The lowest BCUT2D eigenvalue weighted by atomic mass is 10.1. The predicted octanol–water partition coefficient (Wildman–Crippen LogP) is 4.42. The summed E-state index contributed by atoms with van der Waals surface area (Å²) in [5.74, 6) is 0. The van der Waals surface area contributed by atoms with E-state index < -0.39 is 6.09 Å². The van der Waals surface area contributed by atoms with E-state index in [1.807, 2.05) is 48.7 Å². The number of nitrogens with one attached hydrogen (secondary N) is 2. The smallest absolute Gasteiger partial charge is 0.407 e. The number of ether oxygens (including phenoxy) is 1. The largest absolute Gasteiger partial charge is 0.445 e. The van der Waals surface area contributed by atoms with Gasteiger partial charge in [-0.15, -0.1) is 0 Å². The van der Waals surface area contributed by atoms with Crippen molar-refractivity contribution in [3.8, 4) is 0 Å². The van der Waals surface area contributed by atoms with Crippen LogP contribution in [0.4, 0.5) is 4.79 Å². The van der Waals surface area contributed by atoms with Gasteiger partial charge in [-0.2, -0.15) is 0 Å². The Morgan fingerprint density at radius 2 is 2.04 bits per heavy atom. The average molecular weight is 320 g/mol. The second kappa shape index (κ2) is 7.51. The average Bonchev–Trinajstić information content (AvgIpc) is 3.00. The molecule has 1 aromatic heterocycles. The molecule has 0 aliphatic rings. The Morgan fingerprint density at radius 1 is 1.21 bits per heavy atom. The highest BCUT2D eigenvalue weighted by Gasteiger charge is 2.02. The van der Waals surface area contributed by atoms with Crippen LogP contribution in [0.25, 0.3) is 17.0 Å². The van der Waals surface area contributed by atoms with Gasteiger partial charge < -0.3 is 15.0 Å². The topological polar surface area (TPSA) is 54.1 Å². The number of benzene rings is 2. The molecule has 24 heavy (non-hydrogen) atoms. The van der Waals surface area contributed by atoms with Crippen molar-refractivity contribution in [3.63, 3.8) is 0 Å². The van der Waals surface area contributed by atoms with Crippen LogP contribution in [-0.4, -0.2) is 17.6 Å². The standard InChI is InChI=1S/C20H20N2O2/c1-15-9-10-19-18(12-15)17(13-22-19)8-5-11-21-20(23)24-14-16-6-3-2-4-7-16/h2-10,12-13,22H,11,14H2,1H3,(H,21,23). The molecular weight excluding hydrogens is 300 g/mol. The Morgan fingerprint density at radius 3 is 2.88 bits per heavy atom. The van der Waals surface area contributed by atoms with Gasteiger partial charge in [0.25, 0.3) is 0 Å². The fraction of sp³-hybridized carbons (Fsp3) is 0.150. The summed E-state index contributed by atoms with van der Waals surface area (Å²) in [5, 5.41) is 3.90. The summed E-state index contributed by atoms with van der Waals surface area (Å²) in [6.07, 6.45) is 5.46. The van der Waals surface area contributed by atoms with Gasteiger partial charge in [0.1, 0.15) is 6.61 Å². The molecule has 0 aliphatic carbocycles. The van der Waals surface area contributed by atoms with Gasteiger partial charge in [0.05, 0.1) is 0 Å². The van der Waals surface area contributed by atoms with Crippen molar-refractivity contribution >= 4 is 23.1 Å². The number of carbonyl (C=O) groups is 1. The monoisotopic (exact) mass is 320 g/mol. The number of H-pyrrole nitrogens is 1. The van der Waals surface area contributed by atoms with Crippen molar-refractivity contribution in [3.05, 3.63) is 77.5 Å². The molecule has 2 N–H and O–H groups in total. The van der Waals surface area contributed by atoms with Crippen LogP contribution in [0.5, 0.6) is 0 Å². The molecule has 0 saturated carbocycles. The first-order chi connectivity index (χ1) is 11.7. The van der Waals surface area contributed by atoms with Crippen molar-refractivity contribution < 1.29 is 9.53 Å². The molecule has 4 nitrogen and oxygen atoms in total. The molecule has 2 aromatic carbocycles. The molecule has 3 aromatic rings. The minimum absolute atomic E-state index is 0.276. The molecule has 0 aliphatic heterocycles. The number of rotatable bonds is 5. The van der Waals surface area contributed by atoms with Crippen molar-refractivity contribution in [1.82, 2.24) is 10.3 Å². The molecule has 0 radical (unpaired) electrons. The normalized spacial score (nSPS) is 11.0. The summed E-state index contributed by atoms with van der Waals surface area (Å²) < 4.78 is 5.16. The van der Waals surface area contributed by atoms with Crippen molar-refractivity contribution in [2.24, 2.45) is 0 Å². The fourth-order valence-electron chi connectivity index (χ4n) is 2.50.